The fraction of sp³-hybridized carbons (Fsp3) is 0. The molecule has 0 aliphatic rings. The summed E-state index contributed by atoms with van der Waals surface area (Å²) in [5.74, 6) is 0.680. The number of nitrogens with zero attached hydrogens (tertiary/aromatic N) is 3. The Morgan fingerprint density at radius 1 is 0.311 bits per heavy atom. The summed E-state index contributed by atoms with van der Waals surface area (Å²) in [6.07, 6.45) is 0. The van der Waals surface area contributed by atoms with Gasteiger partial charge in [0.25, 0.3) is 0 Å². The molecule has 12 aromatic rings. The Labute approximate surface area is 353 Å². The maximum atomic E-state index is 5.46. The third-order valence-corrected chi connectivity index (χ3v) is 12.2. The topological polar surface area (TPSA) is 30.7 Å². The van der Waals surface area contributed by atoms with Crippen molar-refractivity contribution in [3.8, 4) is 61.8 Å². The van der Waals surface area contributed by atoms with Crippen LogP contribution in [0.15, 0.2) is 224 Å². The van der Waals surface area contributed by atoms with Gasteiger partial charge in [-0.2, -0.15) is 0 Å². The number of para-hydroxylation sites is 2. The second-order valence-electron chi connectivity index (χ2n) is 15.7. The van der Waals surface area contributed by atoms with Crippen molar-refractivity contribution in [1.29, 1.82) is 0 Å². The lowest BCUT2D eigenvalue weighted by Crippen LogP contribution is -1.98. The molecule has 0 unspecified atom stereocenters. The van der Waals surface area contributed by atoms with E-state index >= 15 is 0 Å². The van der Waals surface area contributed by atoms with E-state index in [-0.39, 0.29) is 0 Å². The molecule has 12 rings (SSSR count). The maximum Gasteiger partial charge on any atom is 0.160 e. The first kappa shape index (κ1) is 34.9. The van der Waals surface area contributed by atoms with Crippen molar-refractivity contribution in [2.24, 2.45) is 0 Å². The van der Waals surface area contributed by atoms with Gasteiger partial charge in [0, 0.05) is 33.2 Å². The number of hydrogen-bond acceptors (Lipinski definition) is 2. The van der Waals surface area contributed by atoms with Crippen molar-refractivity contribution >= 4 is 54.1 Å². The minimum atomic E-state index is 0.680. The normalized spacial score (nSPS) is 11.6. The fourth-order valence-electron chi connectivity index (χ4n) is 9.43. The summed E-state index contributed by atoms with van der Waals surface area (Å²) in [7, 11) is 0. The van der Waals surface area contributed by atoms with Gasteiger partial charge in [0.1, 0.15) is 0 Å². The number of aromatic nitrogens is 3. The first-order valence-corrected chi connectivity index (χ1v) is 20.8. The smallest absolute Gasteiger partial charge is 0.160 e. The van der Waals surface area contributed by atoms with Crippen LogP contribution in [0.5, 0.6) is 0 Å². The minimum Gasteiger partial charge on any atom is -0.309 e. The van der Waals surface area contributed by atoms with E-state index in [0.29, 0.717) is 5.82 Å². The van der Waals surface area contributed by atoms with Crippen LogP contribution in [-0.2, 0) is 0 Å². The molecular formula is C58H37N3. The summed E-state index contributed by atoms with van der Waals surface area (Å²) < 4.78 is 2.36. The van der Waals surface area contributed by atoms with Crippen LogP contribution in [0, 0.1) is 0 Å². The van der Waals surface area contributed by atoms with E-state index in [2.05, 4.69) is 229 Å². The first-order valence-electron chi connectivity index (χ1n) is 20.8. The number of benzene rings is 10. The summed E-state index contributed by atoms with van der Waals surface area (Å²) in [5, 5.41) is 9.82. The largest absolute Gasteiger partial charge is 0.309 e. The van der Waals surface area contributed by atoms with Crippen LogP contribution in [-0.4, -0.2) is 14.5 Å². The predicted molar refractivity (Wildman–Crippen MR) is 256 cm³/mol. The molecular weight excluding hydrogens is 739 g/mol. The molecule has 0 fully saturated rings. The molecule has 0 saturated heterocycles. The number of hydrogen-bond donors (Lipinski definition) is 0. The number of rotatable bonds is 6. The lowest BCUT2D eigenvalue weighted by molar-refractivity contribution is 1.18. The molecule has 3 nitrogen and oxygen atoms in total. The third kappa shape index (κ3) is 5.82. The lowest BCUT2D eigenvalue weighted by Gasteiger charge is -2.15. The molecule has 2 heterocycles. The summed E-state index contributed by atoms with van der Waals surface area (Å²) in [6, 6.07) is 80.4. The Bertz CT molecular complexity index is 3620. The van der Waals surface area contributed by atoms with Crippen molar-refractivity contribution < 1.29 is 0 Å². The zero-order valence-electron chi connectivity index (χ0n) is 33.2. The average molecular weight is 776 g/mol. The van der Waals surface area contributed by atoms with E-state index < -0.39 is 0 Å². The van der Waals surface area contributed by atoms with Crippen LogP contribution in [0.25, 0.3) is 116 Å². The fourth-order valence-corrected chi connectivity index (χ4v) is 9.43. The first-order chi connectivity index (χ1) is 30.3. The van der Waals surface area contributed by atoms with Gasteiger partial charge in [-0.15, -0.1) is 0 Å². The van der Waals surface area contributed by atoms with Gasteiger partial charge in [0.05, 0.1) is 22.4 Å². The van der Waals surface area contributed by atoms with E-state index in [1.807, 2.05) is 0 Å². The van der Waals surface area contributed by atoms with Gasteiger partial charge < -0.3 is 4.57 Å². The zero-order valence-corrected chi connectivity index (χ0v) is 33.2. The van der Waals surface area contributed by atoms with Crippen LogP contribution < -0.4 is 0 Å². The van der Waals surface area contributed by atoms with Crippen LogP contribution in [0.3, 0.4) is 0 Å². The SMILES string of the molecule is c1ccc(-c2ccccc2-c2cc(-c3cccc4c3c3ccccc3n4-c3ccccc3)nc(-c3ccc(-c4c5ccccc5cc5c4ccc4ccccc45)cc3)n2)cc1. The van der Waals surface area contributed by atoms with Gasteiger partial charge in [-0.3, -0.25) is 0 Å². The second-order valence-corrected chi connectivity index (χ2v) is 15.7. The molecule has 0 aliphatic carbocycles. The predicted octanol–water partition coefficient (Wildman–Crippen LogP) is 15.4. The van der Waals surface area contributed by atoms with Crippen LogP contribution in [0.4, 0.5) is 0 Å². The van der Waals surface area contributed by atoms with E-state index in [9.17, 15) is 0 Å². The molecule has 2 aromatic heterocycles. The Kier molecular flexibility index (Phi) is 8.17. The van der Waals surface area contributed by atoms with Crippen molar-refractivity contribution in [1.82, 2.24) is 14.5 Å². The molecule has 61 heavy (non-hydrogen) atoms. The van der Waals surface area contributed by atoms with E-state index in [4.69, 9.17) is 9.97 Å². The molecule has 3 heteroatoms. The van der Waals surface area contributed by atoms with Crippen molar-refractivity contribution in [2.75, 3.05) is 0 Å². The van der Waals surface area contributed by atoms with Crippen LogP contribution >= 0.6 is 0 Å². The molecule has 0 spiro atoms. The molecule has 0 aliphatic heterocycles. The van der Waals surface area contributed by atoms with Crippen LogP contribution in [0.2, 0.25) is 0 Å². The monoisotopic (exact) mass is 775 g/mol. The highest BCUT2D eigenvalue weighted by atomic mass is 15.0. The van der Waals surface area contributed by atoms with E-state index in [1.54, 1.807) is 0 Å². The van der Waals surface area contributed by atoms with Crippen molar-refractivity contribution in [3.05, 3.63) is 224 Å². The summed E-state index contributed by atoms with van der Waals surface area (Å²) in [4.78, 5) is 10.9. The highest BCUT2D eigenvalue weighted by molar-refractivity contribution is 6.20. The quantitative estimate of drug-likeness (QED) is 0.124. The lowest BCUT2D eigenvalue weighted by atomic mass is 9.89. The van der Waals surface area contributed by atoms with Crippen molar-refractivity contribution in [2.45, 2.75) is 0 Å². The Hall–Kier alpha value is -8.14. The molecule has 0 amide bonds. The van der Waals surface area contributed by atoms with Gasteiger partial charge >= 0.3 is 0 Å². The Balaban J connectivity index is 1.08. The molecule has 0 radical (unpaired) electrons. The molecule has 0 N–H and O–H groups in total. The zero-order chi connectivity index (χ0) is 40.3. The van der Waals surface area contributed by atoms with Crippen molar-refractivity contribution in [3.63, 3.8) is 0 Å². The molecule has 284 valence electrons. The Morgan fingerprint density at radius 2 is 0.902 bits per heavy atom. The van der Waals surface area contributed by atoms with Gasteiger partial charge in [-0.05, 0) is 91.0 Å². The van der Waals surface area contributed by atoms with E-state index in [1.165, 1.54) is 48.7 Å². The average Bonchev–Trinajstić information content (AvgIpc) is 3.68. The molecule has 10 aromatic carbocycles. The maximum absolute atomic E-state index is 5.46. The Morgan fingerprint density at radius 3 is 1.70 bits per heavy atom. The molecule has 0 saturated carbocycles. The third-order valence-electron chi connectivity index (χ3n) is 12.2. The summed E-state index contributed by atoms with van der Waals surface area (Å²) in [5.41, 5.74) is 12.9. The molecule has 0 atom stereocenters. The van der Waals surface area contributed by atoms with Crippen LogP contribution in [0.1, 0.15) is 0 Å². The van der Waals surface area contributed by atoms with Gasteiger partial charge in [-0.1, -0.05) is 188 Å². The standard InChI is InChI=1S/C58H37N3/c1-3-16-38(17-4-1)44-22-11-12-25-47(44)52-37-53(49-27-15-29-55-57(49)50-26-13-14-28-54(50)61(55)43-20-5-2-6-21-43)60-58(59-52)41-32-30-40(31-33-41)56-46-24-10-8-19-42(46)36-51-45-23-9-7-18-39(45)34-35-48(51)56/h1-37H. The minimum absolute atomic E-state index is 0.680. The summed E-state index contributed by atoms with van der Waals surface area (Å²) in [6.45, 7) is 0. The van der Waals surface area contributed by atoms with Gasteiger partial charge in [0.15, 0.2) is 5.82 Å². The number of fused-ring (bicyclic) bond motifs is 7. The highest BCUT2D eigenvalue weighted by Gasteiger charge is 2.20. The molecule has 0 bridgehead atoms. The van der Waals surface area contributed by atoms with Gasteiger partial charge in [0.2, 0.25) is 0 Å². The van der Waals surface area contributed by atoms with Gasteiger partial charge in [-0.25, -0.2) is 9.97 Å². The second kappa shape index (κ2) is 14.3. The summed E-state index contributed by atoms with van der Waals surface area (Å²) >= 11 is 0. The van der Waals surface area contributed by atoms with E-state index in [0.717, 1.165) is 61.5 Å². The highest BCUT2D eigenvalue weighted by Crippen LogP contribution is 2.42.